The minimum absolute atomic E-state index is 0.0585. The van der Waals surface area contributed by atoms with Gasteiger partial charge in [-0.1, -0.05) is 30.3 Å². The standard InChI is InChI=1S/C24H25N3O5S2/c1-32-18-9-11-19(12-10-18)34(30,31)27-13-5-8-17(15-27)23(29)26-24-20(22(25)28)14-21(33-24)16-6-3-2-4-7-16/h2-4,6-7,9-12,14,17H,5,8,13,15H2,1H3,(H2,25,28)(H,26,29). The number of sulfonamides is 1. The number of hydrogen-bond acceptors (Lipinski definition) is 6. The third kappa shape index (κ3) is 4.98. The Morgan fingerprint density at radius 2 is 1.82 bits per heavy atom. The number of nitrogens with zero attached hydrogens (tertiary/aromatic N) is 1. The molecular formula is C24H25N3O5S2. The highest BCUT2D eigenvalue weighted by Gasteiger charge is 2.34. The summed E-state index contributed by atoms with van der Waals surface area (Å²) in [5, 5.41) is 3.19. The maximum Gasteiger partial charge on any atom is 0.251 e. The van der Waals surface area contributed by atoms with Gasteiger partial charge in [0.25, 0.3) is 5.91 Å². The van der Waals surface area contributed by atoms with Crippen LogP contribution in [0.3, 0.4) is 0 Å². The Morgan fingerprint density at radius 1 is 1.12 bits per heavy atom. The molecule has 8 nitrogen and oxygen atoms in total. The van der Waals surface area contributed by atoms with Gasteiger partial charge in [-0.3, -0.25) is 9.59 Å². The van der Waals surface area contributed by atoms with Crippen LogP contribution in [-0.4, -0.2) is 44.7 Å². The third-order valence-corrected chi connectivity index (χ3v) is 8.72. The molecule has 34 heavy (non-hydrogen) atoms. The molecule has 10 heteroatoms. The maximum atomic E-state index is 13.1. The van der Waals surface area contributed by atoms with Crippen molar-refractivity contribution in [2.75, 3.05) is 25.5 Å². The van der Waals surface area contributed by atoms with Gasteiger partial charge in [0.2, 0.25) is 15.9 Å². The first-order valence-corrected chi connectivity index (χ1v) is 13.0. The summed E-state index contributed by atoms with van der Waals surface area (Å²) in [4.78, 5) is 26.0. The number of benzene rings is 2. The fourth-order valence-electron chi connectivity index (χ4n) is 3.90. The van der Waals surface area contributed by atoms with Crippen molar-refractivity contribution in [3.63, 3.8) is 0 Å². The number of carbonyl (C=O) groups excluding carboxylic acids is 2. The second-order valence-corrected chi connectivity index (χ2v) is 10.9. The van der Waals surface area contributed by atoms with Gasteiger partial charge in [0.05, 0.1) is 23.5 Å². The van der Waals surface area contributed by atoms with Crippen LogP contribution in [0.2, 0.25) is 0 Å². The van der Waals surface area contributed by atoms with Gasteiger partial charge < -0.3 is 15.8 Å². The van der Waals surface area contributed by atoms with E-state index in [0.29, 0.717) is 30.1 Å². The number of methoxy groups -OCH3 is 1. The van der Waals surface area contributed by atoms with Crippen molar-refractivity contribution >= 4 is 38.2 Å². The summed E-state index contributed by atoms with van der Waals surface area (Å²) in [5.41, 5.74) is 6.68. The van der Waals surface area contributed by atoms with Crippen LogP contribution in [-0.2, 0) is 14.8 Å². The minimum Gasteiger partial charge on any atom is -0.497 e. The van der Waals surface area contributed by atoms with E-state index in [1.807, 2.05) is 30.3 Å². The average molecular weight is 500 g/mol. The molecule has 1 atom stereocenters. The highest BCUT2D eigenvalue weighted by atomic mass is 32.2. The second-order valence-electron chi connectivity index (χ2n) is 7.95. The van der Waals surface area contributed by atoms with Crippen molar-refractivity contribution in [3.8, 4) is 16.2 Å². The van der Waals surface area contributed by atoms with E-state index in [2.05, 4.69) is 5.32 Å². The molecule has 0 spiro atoms. The SMILES string of the molecule is COc1ccc(S(=O)(=O)N2CCCC(C(=O)Nc3sc(-c4ccccc4)cc3C(N)=O)C2)cc1. The van der Waals surface area contributed by atoms with E-state index in [0.717, 1.165) is 10.4 Å². The number of ether oxygens (including phenoxy) is 1. The first-order valence-electron chi connectivity index (χ1n) is 10.7. The smallest absolute Gasteiger partial charge is 0.251 e. The number of nitrogens with one attached hydrogen (secondary N) is 1. The van der Waals surface area contributed by atoms with E-state index in [1.165, 1.54) is 34.9 Å². The molecule has 3 aromatic rings. The molecule has 1 aliphatic heterocycles. The number of rotatable bonds is 7. The third-order valence-electron chi connectivity index (χ3n) is 5.74. The summed E-state index contributed by atoms with van der Waals surface area (Å²) in [6.07, 6.45) is 1.10. The van der Waals surface area contributed by atoms with Crippen molar-refractivity contribution in [1.82, 2.24) is 4.31 Å². The molecule has 1 aromatic heterocycles. The van der Waals surface area contributed by atoms with E-state index >= 15 is 0 Å². The maximum absolute atomic E-state index is 13.1. The van der Waals surface area contributed by atoms with Crippen LogP contribution in [0, 0.1) is 5.92 Å². The van der Waals surface area contributed by atoms with Gasteiger partial charge in [-0.2, -0.15) is 4.31 Å². The first-order chi connectivity index (χ1) is 16.3. The van der Waals surface area contributed by atoms with Crippen molar-refractivity contribution in [3.05, 3.63) is 66.2 Å². The second kappa shape index (κ2) is 9.96. The lowest BCUT2D eigenvalue weighted by Gasteiger charge is -2.31. The molecule has 3 N–H and O–H groups in total. The number of carbonyl (C=O) groups is 2. The zero-order valence-electron chi connectivity index (χ0n) is 18.6. The van der Waals surface area contributed by atoms with Crippen molar-refractivity contribution in [1.29, 1.82) is 0 Å². The van der Waals surface area contributed by atoms with Crippen LogP contribution in [0.1, 0.15) is 23.2 Å². The molecule has 178 valence electrons. The fraction of sp³-hybridized carbons (Fsp3) is 0.250. The van der Waals surface area contributed by atoms with Crippen molar-refractivity contribution in [2.24, 2.45) is 11.7 Å². The Morgan fingerprint density at radius 3 is 2.47 bits per heavy atom. The number of nitrogens with two attached hydrogens (primary N) is 1. The van der Waals surface area contributed by atoms with Gasteiger partial charge in [-0.05, 0) is 48.7 Å². The Hall–Kier alpha value is -3.21. The van der Waals surface area contributed by atoms with Crippen LogP contribution >= 0.6 is 11.3 Å². The lowest BCUT2D eigenvalue weighted by atomic mass is 9.99. The number of anilines is 1. The average Bonchev–Trinajstić information content (AvgIpc) is 3.29. The van der Waals surface area contributed by atoms with Crippen LogP contribution in [0.15, 0.2) is 65.6 Å². The number of thiophene rings is 1. The normalized spacial score (nSPS) is 16.7. The van der Waals surface area contributed by atoms with Crippen LogP contribution in [0.4, 0.5) is 5.00 Å². The summed E-state index contributed by atoms with van der Waals surface area (Å²) < 4.78 is 32.7. The molecule has 1 saturated heterocycles. The fourth-order valence-corrected chi connectivity index (χ4v) is 6.49. The van der Waals surface area contributed by atoms with E-state index in [4.69, 9.17) is 10.5 Å². The molecule has 0 saturated carbocycles. The molecule has 0 bridgehead atoms. The lowest BCUT2D eigenvalue weighted by Crippen LogP contribution is -2.43. The number of primary amides is 1. The van der Waals surface area contributed by atoms with Gasteiger partial charge in [0, 0.05) is 18.0 Å². The molecule has 1 unspecified atom stereocenters. The van der Waals surface area contributed by atoms with Gasteiger partial charge >= 0.3 is 0 Å². The number of amides is 2. The predicted octanol–water partition coefficient (Wildman–Crippen LogP) is 3.56. The van der Waals surface area contributed by atoms with E-state index in [1.54, 1.807) is 18.2 Å². The molecular weight excluding hydrogens is 474 g/mol. The Labute approximate surface area is 202 Å². The topological polar surface area (TPSA) is 119 Å². The quantitative estimate of drug-likeness (QED) is 0.515. The molecule has 2 aromatic carbocycles. The molecule has 1 aliphatic rings. The van der Waals surface area contributed by atoms with Gasteiger partial charge in [0.1, 0.15) is 10.8 Å². The zero-order chi connectivity index (χ0) is 24.3. The van der Waals surface area contributed by atoms with Gasteiger partial charge in [-0.25, -0.2) is 8.42 Å². The van der Waals surface area contributed by atoms with E-state index < -0.39 is 21.8 Å². The molecule has 2 heterocycles. The Kier molecular flexibility index (Phi) is 7.01. The molecule has 0 radical (unpaired) electrons. The van der Waals surface area contributed by atoms with Crippen LogP contribution in [0.25, 0.3) is 10.4 Å². The minimum atomic E-state index is -3.75. The summed E-state index contributed by atoms with van der Waals surface area (Å²) in [6, 6.07) is 17.3. The van der Waals surface area contributed by atoms with Crippen molar-refractivity contribution in [2.45, 2.75) is 17.7 Å². The van der Waals surface area contributed by atoms with Crippen LogP contribution in [0.5, 0.6) is 5.75 Å². The highest BCUT2D eigenvalue weighted by molar-refractivity contribution is 7.89. The van der Waals surface area contributed by atoms with E-state index in [-0.39, 0.29) is 22.9 Å². The zero-order valence-corrected chi connectivity index (χ0v) is 20.2. The monoisotopic (exact) mass is 499 g/mol. The number of piperidine rings is 1. The summed E-state index contributed by atoms with van der Waals surface area (Å²) in [6.45, 7) is 0.394. The largest absolute Gasteiger partial charge is 0.497 e. The molecule has 2 amide bonds. The van der Waals surface area contributed by atoms with E-state index in [9.17, 15) is 18.0 Å². The molecule has 1 fully saturated rings. The Bertz CT molecular complexity index is 1290. The first kappa shape index (κ1) is 23.9. The summed E-state index contributed by atoms with van der Waals surface area (Å²) >= 11 is 1.26. The number of hydrogen-bond donors (Lipinski definition) is 2. The molecule has 4 rings (SSSR count). The molecule has 0 aliphatic carbocycles. The van der Waals surface area contributed by atoms with Gasteiger partial charge in [0.15, 0.2) is 0 Å². The highest BCUT2D eigenvalue weighted by Crippen LogP contribution is 2.36. The van der Waals surface area contributed by atoms with Crippen molar-refractivity contribution < 1.29 is 22.7 Å². The lowest BCUT2D eigenvalue weighted by molar-refractivity contribution is -0.120. The van der Waals surface area contributed by atoms with Gasteiger partial charge in [-0.15, -0.1) is 11.3 Å². The Balaban J connectivity index is 1.51. The summed E-state index contributed by atoms with van der Waals surface area (Å²) in [5.74, 6) is -0.963. The van der Waals surface area contributed by atoms with Crippen LogP contribution < -0.4 is 15.8 Å². The summed E-state index contributed by atoms with van der Waals surface area (Å²) in [7, 11) is -2.24. The predicted molar refractivity (Wildman–Crippen MR) is 131 cm³/mol.